The molecule has 1 aliphatic rings. The lowest BCUT2D eigenvalue weighted by Crippen LogP contribution is -2.43. The van der Waals surface area contributed by atoms with Crippen LogP contribution in [-0.2, 0) is 4.79 Å². The van der Waals surface area contributed by atoms with E-state index in [0.29, 0.717) is 34.3 Å². The molecule has 8 heteroatoms. The topological polar surface area (TPSA) is 78.1 Å². The summed E-state index contributed by atoms with van der Waals surface area (Å²) in [4.78, 5) is 35.4. The third-order valence-electron chi connectivity index (χ3n) is 5.51. The standard InChI is InChI=1S/C23H22Cl2N4O2/c1-13-14(2)27-21(26-13)15-5-3-6-17(11-15)28-22(30)20-7-4-10-29(20)23(31)18-12-16(24)8-9-19(18)25/h3,5-6,8-9,11-12,20H,4,7,10H2,1-2H3,(H,26,27)(H,28,30). The quantitative estimate of drug-likeness (QED) is 0.562. The number of amides is 2. The third kappa shape index (κ3) is 4.45. The number of hydrogen-bond donors (Lipinski definition) is 2. The largest absolute Gasteiger partial charge is 0.342 e. The number of aromatic nitrogens is 2. The molecule has 0 spiro atoms. The number of rotatable bonds is 4. The minimum Gasteiger partial charge on any atom is -0.342 e. The van der Waals surface area contributed by atoms with E-state index in [1.807, 2.05) is 38.1 Å². The van der Waals surface area contributed by atoms with E-state index < -0.39 is 6.04 Å². The molecule has 1 atom stereocenters. The smallest absolute Gasteiger partial charge is 0.256 e. The van der Waals surface area contributed by atoms with Crippen LogP contribution < -0.4 is 5.32 Å². The SMILES string of the molecule is Cc1nc(-c2cccc(NC(=O)C3CCCN3C(=O)c3cc(Cl)ccc3Cl)c2)[nH]c1C. The fourth-order valence-electron chi connectivity index (χ4n) is 3.75. The average molecular weight is 457 g/mol. The number of nitrogens with one attached hydrogen (secondary N) is 2. The molecule has 1 fully saturated rings. The number of imidazole rings is 1. The molecule has 2 N–H and O–H groups in total. The summed E-state index contributed by atoms with van der Waals surface area (Å²) in [6.45, 7) is 4.40. The number of likely N-dealkylation sites (tertiary alicyclic amines) is 1. The van der Waals surface area contributed by atoms with E-state index in [9.17, 15) is 9.59 Å². The van der Waals surface area contributed by atoms with Gasteiger partial charge in [-0.15, -0.1) is 0 Å². The van der Waals surface area contributed by atoms with Gasteiger partial charge < -0.3 is 15.2 Å². The van der Waals surface area contributed by atoms with Crippen molar-refractivity contribution in [1.82, 2.24) is 14.9 Å². The van der Waals surface area contributed by atoms with Gasteiger partial charge in [-0.3, -0.25) is 9.59 Å². The normalized spacial score (nSPS) is 15.9. The molecule has 160 valence electrons. The number of aromatic amines is 1. The van der Waals surface area contributed by atoms with E-state index >= 15 is 0 Å². The molecule has 3 aromatic rings. The second kappa shape index (κ2) is 8.73. The molecule has 0 saturated carbocycles. The molecule has 0 bridgehead atoms. The minimum atomic E-state index is -0.570. The number of carbonyl (C=O) groups is 2. The molecular weight excluding hydrogens is 435 g/mol. The summed E-state index contributed by atoms with van der Waals surface area (Å²) in [6, 6.07) is 11.7. The molecule has 2 aromatic carbocycles. The van der Waals surface area contributed by atoms with Gasteiger partial charge in [-0.2, -0.15) is 0 Å². The number of benzene rings is 2. The maximum absolute atomic E-state index is 13.1. The molecule has 1 unspecified atom stereocenters. The number of hydrogen-bond acceptors (Lipinski definition) is 3. The van der Waals surface area contributed by atoms with Crippen molar-refractivity contribution in [2.75, 3.05) is 11.9 Å². The zero-order valence-electron chi connectivity index (χ0n) is 17.2. The van der Waals surface area contributed by atoms with Crippen LogP contribution in [0.25, 0.3) is 11.4 Å². The van der Waals surface area contributed by atoms with E-state index in [1.165, 1.54) is 6.07 Å². The lowest BCUT2D eigenvalue weighted by molar-refractivity contribution is -0.119. The lowest BCUT2D eigenvalue weighted by Gasteiger charge is -2.24. The molecule has 1 saturated heterocycles. The van der Waals surface area contributed by atoms with Crippen LogP contribution in [0.1, 0.15) is 34.6 Å². The Hall–Kier alpha value is -2.83. The van der Waals surface area contributed by atoms with Gasteiger partial charge in [0.25, 0.3) is 5.91 Å². The number of halogens is 2. The van der Waals surface area contributed by atoms with Crippen molar-refractivity contribution < 1.29 is 9.59 Å². The first-order valence-electron chi connectivity index (χ1n) is 10.0. The average Bonchev–Trinajstić information content (AvgIpc) is 3.36. The number of H-pyrrole nitrogens is 1. The summed E-state index contributed by atoms with van der Waals surface area (Å²) < 4.78 is 0. The summed E-state index contributed by atoms with van der Waals surface area (Å²) in [6.07, 6.45) is 1.33. The molecule has 31 heavy (non-hydrogen) atoms. The fourth-order valence-corrected chi connectivity index (χ4v) is 4.12. The summed E-state index contributed by atoms with van der Waals surface area (Å²) in [5.74, 6) is 0.229. The molecular formula is C23H22Cl2N4O2. The Balaban J connectivity index is 1.52. The van der Waals surface area contributed by atoms with Gasteiger partial charge >= 0.3 is 0 Å². The van der Waals surface area contributed by atoms with Crippen molar-refractivity contribution in [2.24, 2.45) is 0 Å². The molecule has 0 aliphatic carbocycles. The van der Waals surface area contributed by atoms with Gasteiger partial charge in [-0.1, -0.05) is 35.3 Å². The maximum atomic E-state index is 13.1. The number of aryl methyl sites for hydroxylation is 2. The van der Waals surface area contributed by atoms with E-state index in [-0.39, 0.29) is 11.8 Å². The van der Waals surface area contributed by atoms with E-state index in [2.05, 4.69) is 15.3 Å². The molecule has 2 amide bonds. The monoisotopic (exact) mass is 456 g/mol. The predicted molar refractivity (Wildman–Crippen MR) is 123 cm³/mol. The Morgan fingerprint density at radius 3 is 2.71 bits per heavy atom. The van der Waals surface area contributed by atoms with Crippen molar-refractivity contribution >= 4 is 40.7 Å². The van der Waals surface area contributed by atoms with Crippen LogP contribution in [0, 0.1) is 13.8 Å². The molecule has 4 rings (SSSR count). The lowest BCUT2D eigenvalue weighted by atomic mass is 10.1. The summed E-state index contributed by atoms with van der Waals surface area (Å²) in [5.41, 5.74) is 3.77. The number of carbonyl (C=O) groups excluding carboxylic acids is 2. The van der Waals surface area contributed by atoms with Gasteiger partial charge in [0.1, 0.15) is 11.9 Å². The Morgan fingerprint density at radius 1 is 1.16 bits per heavy atom. The Morgan fingerprint density at radius 2 is 1.97 bits per heavy atom. The van der Waals surface area contributed by atoms with Crippen LogP contribution in [0.3, 0.4) is 0 Å². The Kier molecular flexibility index (Phi) is 6.03. The van der Waals surface area contributed by atoms with Crippen LogP contribution >= 0.6 is 23.2 Å². The Labute approximate surface area is 190 Å². The zero-order chi connectivity index (χ0) is 22.1. The zero-order valence-corrected chi connectivity index (χ0v) is 18.7. The van der Waals surface area contributed by atoms with Gasteiger partial charge in [-0.25, -0.2) is 4.98 Å². The van der Waals surface area contributed by atoms with Gasteiger partial charge in [0.15, 0.2) is 0 Å². The first-order chi connectivity index (χ1) is 14.8. The summed E-state index contributed by atoms with van der Waals surface area (Å²) in [5, 5.41) is 3.69. The Bertz CT molecular complexity index is 1140. The van der Waals surface area contributed by atoms with Crippen molar-refractivity contribution in [3.8, 4) is 11.4 Å². The van der Waals surface area contributed by atoms with Crippen molar-refractivity contribution in [2.45, 2.75) is 32.7 Å². The molecule has 6 nitrogen and oxygen atoms in total. The molecule has 1 aliphatic heterocycles. The van der Waals surface area contributed by atoms with E-state index in [0.717, 1.165) is 29.2 Å². The van der Waals surface area contributed by atoms with Crippen molar-refractivity contribution in [3.05, 3.63) is 69.5 Å². The number of anilines is 1. The fraction of sp³-hybridized carbons (Fsp3) is 0.261. The van der Waals surface area contributed by atoms with Gasteiger partial charge in [0, 0.05) is 28.5 Å². The van der Waals surface area contributed by atoms with Crippen molar-refractivity contribution in [1.29, 1.82) is 0 Å². The first kappa shape index (κ1) is 21.4. The van der Waals surface area contributed by atoms with Crippen LogP contribution in [0.2, 0.25) is 10.0 Å². The van der Waals surface area contributed by atoms with Crippen LogP contribution in [0.5, 0.6) is 0 Å². The minimum absolute atomic E-state index is 0.229. The highest BCUT2D eigenvalue weighted by Gasteiger charge is 2.35. The second-order valence-electron chi connectivity index (χ2n) is 7.65. The third-order valence-corrected chi connectivity index (χ3v) is 6.07. The van der Waals surface area contributed by atoms with E-state index in [4.69, 9.17) is 23.2 Å². The molecule has 2 heterocycles. The first-order valence-corrected chi connectivity index (χ1v) is 10.8. The molecule has 0 radical (unpaired) electrons. The highest BCUT2D eigenvalue weighted by Crippen LogP contribution is 2.27. The van der Waals surface area contributed by atoms with Gasteiger partial charge in [0.2, 0.25) is 5.91 Å². The van der Waals surface area contributed by atoms with Gasteiger partial charge in [0.05, 0.1) is 16.3 Å². The maximum Gasteiger partial charge on any atom is 0.256 e. The van der Waals surface area contributed by atoms with E-state index in [1.54, 1.807) is 17.0 Å². The number of nitrogens with zero attached hydrogens (tertiary/aromatic N) is 2. The van der Waals surface area contributed by atoms with Gasteiger partial charge in [-0.05, 0) is 57.0 Å². The van der Waals surface area contributed by atoms with Crippen LogP contribution in [0.4, 0.5) is 5.69 Å². The highest BCUT2D eigenvalue weighted by molar-refractivity contribution is 6.35. The van der Waals surface area contributed by atoms with Crippen LogP contribution in [-0.4, -0.2) is 39.3 Å². The molecule has 1 aromatic heterocycles. The summed E-state index contributed by atoms with van der Waals surface area (Å²) in [7, 11) is 0. The predicted octanol–water partition coefficient (Wildman–Crippen LogP) is 5.24. The van der Waals surface area contributed by atoms with Crippen molar-refractivity contribution in [3.63, 3.8) is 0 Å². The highest BCUT2D eigenvalue weighted by atomic mass is 35.5. The second-order valence-corrected chi connectivity index (χ2v) is 8.49. The van der Waals surface area contributed by atoms with Crippen LogP contribution in [0.15, 0.2) is 42.5 Å². The summed E-state index contributed by atoms with van der Waals surface area (Å²) >= 11 is 12.2.